The number of benzene rings is 2. The van der Waals surface area contributed by atoms with Crippen molar-refractivity contribution >= 4 is 11.9 Å². The quantitative estimate of drug-likeness (QED) is 0.489. The molecule has 1 atom stereocenters. The Morgan fingerprint density at radius 2 is 1.77 bits per heavy atom. The number of amides is 1. The third kappa shape index (κ3) is 6.50. The lowest BCUT2D eigenvalue weighted by molar-refractivity contribution is -0.150. The highest BCUT2D eigenvalue weighted by atomic mass is 16.5. The molecule has 1 saturated carbocycles. The zero-order valence-electron chi connectivity index (χ0n) is 21.0. The Labute approximate surface area is 208 Å². The van der Waals surface area contributed by atoms with Crippen molar-refractivity contribution in [3.63, 3.8) is 0 Å². The number of methoxy groups -OCH3 is 1. The fraction of sp³-hybridized carbons (Fsp3) is 0.517. The summed E-state index contributed by atoms with van der Waals surface area (Å²) in [4.78, 5) is 27.7. The minimum atomic E-state index is -0.460. The molecular weight excluding hydrogens is 442 g/mol. The third-order valence-electron chi connectivity index (χ3n) is 7.25. The smallest absolute Gasteiger partial charge is 0.338 e. The lowest BCUT2D eigenvalue weighted by atomic mass is 9.85. The molecule has 0 radical (unpaired) electrons. The van der Waals surface area contributed by atoms with Crippen LogP contribution in [0.4, 0.5) is 0 Å². The Bertz CT molecular complexity index is 1010. The van der Waals surface area contributed by atoms with Gasteiger partial charge in [0, 0.05) is 13.1 Å². The number of esters is 1. The van der Waals surface area contributed by atoms with E-state index in [0.29, 0.717) is 44.4 Å². The molecule has 1 amide bonds. The highest BCUT2D eigenvalue weighted by Crippen LogP contribution is 2.31. The van der Waals surface area contributed by atoms with Crippen LogP contribution in [0.5, 0.6) is 0 Å². The lowest BCUT2D eigenvalue weighted by Crippen LogP contribution is -2.47. The summed E-state index contributed by atoms with van der Waals surface area (Å²) in [6.07, 6.45) is 6.39. The van der Waals surface area contributed by atoms with Gasteiger partial charge in [0.2, 0.25) is 0 Å². The number of carbonyl (C=O) groups excluding carboxylic acids is 2. The molecule has 4 rings (SSSR count). The van der Waals surface area contributed by atoms with Crippen LogP contribution in [0.15, 0.2) is 42.5 Å². The number of hydrogen-bond acceptors (Lipinski definition) is 5. The standard InChI is InChI=1S/C29H37NO5/c1-21-8-6-7-11-24(21)26-18-23(12-13-25(26)29(32)33-2)20-35-27(19-22-9-4-3-5-10-22)28(31)30-14-16-34-17-15-30/h6-8,11-13,18,22,27H,3-5,9-10,14-17,19-20H2,1-2H3/t27-/m0/s1. The monoisotopic (exact) mass is 479 g/mol. The molecule has 188 valence electrons. The zero-order chi connectivity index (χ0) is 24.6. The molecule has 1 heterocycles. The fourth-order valence-electron chi connectivity index (χ4n) is 5.22. The van der Waals surface area contributed by atoms with E-state index in [1.807, 2.05) is 48.2 Å². The second-order valence-electron chi connectivity index (χ2n) is 9.66. The summed E-state index contributed by atoms with van der Waals surface area (Å²) in [7, 11) is 1.40. The van der Waals surface area contributed by atoms with Gasteiger partial charge in [-0.1, -0.05) is 62.4 Å². The van der Waals surface area contributed by atoms with E-state index in [1.165, 1.54) is 39.2 Å². The normalized spacial score (nSPS) is 17.7. The molecule has 35 heavy (non-hydrogen) atoms. The van der Waals surface area contributed by atoms with Gasteiger partial charge in [-0.15, -0.1) is 0 Å². The molecule has 0 aromatic heterocycles. The molecule has 1 aliphatic carbocycles. The molecule has 0 spiro atoms. The number of hydrogen-bond donors (Lipinski definition) is 0. The third-order valence-corrected chi connectivity index (χ3v) is 7.25. The second kappa shape index (κ2) is 12.3. The molecule has 0 N–H and O–H groups in total. The van der Waals surface area contributed by atoms with Crippen molar-refractivity contribution in [3.05, 3.63) is 59.2 Å². The van der Waals surface area contributed by atoms with Crippen LogP contribution < -0.4 is 0 Å². The van der Waals surface area contributed by atoms with Crippen molar-refractivity contribution in [2.24, 2.45) is 5.92 Å². The van der Waals surface area contributed by atoms with Crippen LogP contribution in [-0.4, -0.2) is 56.3 Å². The van der Waals surface area contributed by atoms with E-state index in [1.54, 1.807) is 6.07 Å². The van der Waals surface area contributed by atoms with E-state index in [2.05, 4.69) is 0 Å². The molecule has 0 unspecified atom stereocenters. The summed E-state index contributed by atoms with van der Waals surface area (Å²) >= 11 is 0. The summed E-state index contributed by atoms with van der Waals surface area (Å²) in [6, 6.07) is 13.7. The van der Waals surface area contributed by atoms with Crippen molar-refractivity contribution in [1.29, 1.82) is 0 Å². The summed E-state index contributed by atoms with van der Waals surface area (Å²) in [5.41, 5.74) is 4.33. The Morgan fingerprint density at radius 1 is 1.03 bits per heavy atom. The maximum atomic E-state index is 13.4. The minimum absolute atomic E-state index is 0.0733. The molecule has 1 aliphatic heterocycles. The number of morpholine rings is 1. The topological polar surface area (TPSA) is 65.1 Å². The van der Waals surface area contributed by atoms with E-state index in [0.717, 1.165) is 28.7 Å². The maximum absolute atomic E-state index is 13.4. The molecule has 6 heteroatoms. The van der Waals surface area contributed by atoms with Crippen LogP contribution in [0, 0.1) is 12.8 Å². The van der Waals surface area contributed by atoms with Gasteiger partial charge in [-0.25, -0.2) is 4.79 Å². The van der Waals surface area contributed by atoms with Gasteiger partial charge >= 0.3 is 5.97 Å². The summed E-state index contributed by atoms with van der Waals surface area (Å²) < 4.78 is 16.8. The van der Waals surface area contributed by atoms with E-state index >= 15 is 0 Å². The molecule has 1 saturated heterocycles. The average molecular weight is 480 g/mol. The van der Waals surface area contributed by atoms with Crippen LogP contribution in [0.1, 0.15) is 60.0 Å². The predicted molar refractivity (Wildman–Crippen MR) is 135 cm³/mol. The van der Waals surface area contributed by atoms with Crippen molar-refractivity contribution in [2.75, 3.05) is 33.4 Å². The number of aryl methyl sites for hydroxylation is 1. The van der Waals surface area contributed by atoms with Gasteiger partial charge in [0.15, 0.2) is 0 Å². The van der Waals surface area contributed by atoms with Gasteiger partial charge in [0.05, 0.1) is 32.5 Å². The van der Waals surface area contributed by atoms with E-state index in [4.69, 9.17) is 14.2 Å². The molecule has 2 aromatic rings. The highest BCUT2D eigenvalue weighted by Gasteiger charge is 2.30. The van der Waals surface area contributed by atoms with Crippen molar-refractivity contribution in [2.45, 2.75) is 58.2 Å². The van der Waals surface area contributed by atoms with Gasteiger partial charge in [0.25, 0.3) is 5.91 Å². The number of nitrogens with zero attached hydrogens (tertiary/aromatic N) is 1. The van der Waals surface area contributed by atoms with E-state index in [-0.39, 0.29) is 11.9 Å². The first-order chi connectivity index (χ1) is 17.1. The van der Waals surface area contributed by atoms with Crippen LogP contribution in [0.2, 0.25) is 0 Å². The summed E-state index contributed by atoms with van der Waals surface area (Å²) in [6.45, 7) is 4.74. The van der Waals surface area contributed by atoms with Gasteiger partial charge in [0.1, 0.15) is 6.10 Å². The SMILES string of the molecule is COC(=O)c1ccc(CO[C@@H](CC2CCCCC2)C(=O)N2CCOCC2)cc1-c1ccccc1C. The van der Waals surface area contributed by atoms with Gasteiger partial charge < -0.3 is 19.1 Å². The van der Waals surface area contributed by atoms with Gasteiger partial charge in [-0.05, 0) is 53.6 Å². The van der Waals surface area contributed by atoms with Crippen molar-refractivity contribution in [1.82, 2.24) is 4.90 Å². The first-order valence-corrected chi connectivity index (χ1v) is 12.8. The van der Waals surface area contributed by atoms with Gasteiger partial charge in [-0.3, -0.25) is 4.79 Å². The fourth-order valence-corrected chi connectivity index (χ4v) is 5.22. The molecule has 0 bridgehead atoms. The largest absolute Gasteiger partial charge is 0.465 e. The summed E-state index contributed by atoms with van der Waals surface area (Å²) in [5.74, 6) is 0.237. The molecule has 2 aromatic carbocycles. The van der Waals surface area contributed by atoms with E-state index < -0.39 is 6.10 Å². The average Bonchev–Trinajstić information content (AvgIpc) is 2.91. The van der Waals surface area contributed by atoms with Crippen molar-refractivity contribution < 1.29 is 23.8 Å². The Balaban J connectivity index is 1.55. The Hall–Kier alpha value is -2.70. The first-order valence-electron chi connectivity index (χ1n) is 12.8. The minimum Gasteiger partial charge on any atom is -0.465 e. The number of carbonyl (C=O) groups is 2. The Kier molecular flexibility index (Phi) is 8.94. The Morgan fingerprint density at radius 3 is 2.49 bits per heavy atom. The van der Waals surface area contributed by atoms with Crippen molar-refractivity contribution in [3.8, 4) is 11.1 Å². The summed E-state index contributed by atoms with van der Waals surface area (Å²) in [5, 5.41) is 0. The second-order valence-corrected chi connectivity index (χ2v) is 9.66. The van der Waals surface area contributed by atoms with E-state index in [9.17, 15) is 9.59 Å². The first kappa shape index (κ1) is 25.4. The molecule has 2 aliphatic rings. The molecule has 6 nitrogen and oxygen atoms in total. The van der Waals surface area contributed by atoms with Gasteiger partial charge in [-0.2, -0.15) is 0 Å². The van der Waals surface area contributed by atoms with Crippen LogP contribution >= 0.6 is 0 Å². The van der Waals surface area contributed by atoms with Crippen LogP contribution in [-0.2, 0) is 25.6 Å². The maximum Gasteiger partial charge on any atom is 0.338 e. The zero-order valence-corrected chi connectivity index (χ0v) is 21.0. The number of ether oxygens (including phenoxy) is 3. The van der Waals surface area contributed by atoms with Crippen LogP contribution in [0.3, 0.4) is 0 Å². The molecule has 2 fully saturated rings. The molecular formula is C29H37NO5. The highest BCUT2D eigenvalue weighted by molar-refractivity contribution is 5.97. The predicted octanol–water partition coefficient (Wildman–Crippen LogP) is 5.16. The van der Waals surface area contributed by atoms with Crippen LogP contribution in [0.25, 0.3) is 11.1 Å². The lowest BCUT2D eigenvalue weighted by Gasteiger charge is -2.32. The number of rotatable bonds is 8.